The lowest BCUT2D eigenvalue weighted by Gasteiger charge is -2.46. The molecule has 1 amide bonds. The first kappa shape index (κ1) is 32.3. The normalized spacial score (nSPS) is 24.9. The molecule has 1 heterocycles. The first-order valence-electron chi connectivity index (χ1n) is 13.9. The van der Waals surface area contributed by atoms with Gasteiger partial charge in [-0.25, -0.2) is 0 Å². The Labute approximate surface area is 260 Å². The smallest absolute Gasteiger partial charge is 0.272 e. The van der Waals surface area contributed by atoms with Crippen LogP contribution in [0.15, 0.2) is 85.0 Å². The van der Waals surface area contributed by atoms with Gasteiger partial charge < -0.3 is 19.2 Å². The lowest BCUT2D eigenvalue weighted by Crippen LogP contribution is -2.66. The van der Waals surface area contributed by atoms with Gasteiger partial charge in [0.05, 0.1) is 24.9 Å². The largest absolute Gasteiger partial charge is 0.403 e. The van der Waals surface area contributed by atoms with Gasteiger partial charge in [-0.3, -0.25) is 4.79 Å². The highest BCUT2D eigenvalue weighted by Crippen LogP contribution is 2.43. The third-order valence-electron chi connectivity index (χ3n) is 8.21. The number of alkyl halides is 3. The second-order valence-corrected chi connectivity index (χ2v) is 19.0. The Morgan fingerprint density at radius 2 is 1.63 bits per heavy atom. The second-order valence-electron chi connectivity index (χ2n) is 12.4. The van der Waals surface area contributed by atoms with E-state index in [9.17, 15) is 4.79 Å². The molecule has 1 aliphatic heterocycles. The van der Waals surface area contributed by atoms with Gasteiger partial charge in [-0.2, -0.15) is 0 Å². The molecular formula is C32H40Cl3NO4Si. The highest BCUT2D eigenvalue weighted by atomic mass is 35.6. The minimum Gasteiger partial charge on any atom is -0.403 e. The van der Waals surface area contributed by atoms with Crippen molar-refractivity contribution >= 4 is 59.4 Å². The molecule has 0 radical (unpaired) electrons. The number of amides is 1. The molecule has 1 saturated heterocycles. The highest BCUT2D eigenvalue weighted by molar-refractivity contribution is 6.99. The summed E-state index contributed by atoms with van der Waals surface area (Å²) >= 11 is 17.9. The molecule has 0 spiro atoms. The van der Waals surface area contributed by atoms with Gasteiger partial charge in [-0.05, 0) is 47.7 Å². The van der Waals surface area contributed by atoms with E-state index in [1.807, 2.05) is 26.0 Å². The maximum Gasteiger partial charge on any atom is 0.272 e. The molecule has 0 saturated carbocycles. The fourth-order valence-corrected chi connectivity index (χ4v) is 10.9. The third-order valence-corrected chi connectivity index (χ3v) is 13.7. The summed E-state index contributed by atoms with van der Waals surface area (Å²) < 4.78 is 17.4. The Balaban J connectivity index is 1.71. The summed E-state index contributed by atoms with van der Waals surface area (Å²) in [5.74, 6) is -1.67. The van der Waals surface area contributed by atoms with E-state index < -0.39 is 29.3 Å². The van der Waals surface area contributed by atoms with E-state index in [-0.39, 0.29) is 17.1 Å². The minimum atomic E-state index is -2.74. The summed E-state index contributed by atoms with van der Waals surface area (Å²) in [6, 6.07) is 21.1. The lowest BCUT2D eigenvalue weighted by atomic mass is 9.70. The summed E-state index contributed by atoms with van der Waals surface area (Å²) in [5, 5.41) is 5.26. The quantitative estimate of drug-likeness (QED) is 0.205. The van der Waals surface area contributed by atoms with Crippen molar-refractivity contribution in [2.45, 2.75) is 73.7 Å². The van der Waals surface area contributed by atoms with E-state index in [1.54, 1.807) is 6.08 Å². The molecule has 0 bridgehead atoms. The van der Waals surface area contributed by atoms with Gasteiger partial charge >= 0.3 is 0 Å². The van der Waals surface area contributed by atoms with Crippen molar-refractivity contribution in [2.75, 3.05) is 13.2 Å². The van der Waals surface area contributed by atoms with Crippen molar-refractivity contribution in [1.29, 1.82) is 0 Å². The van der Waals surface area contributed by atoms with Gasteiger partial charge in [-0.15, -0.1) is 6.58 Å². The zero-order valence-electron chi connectivity index (χ0n) is 24.4. The Kier molecular flexibility index (Phi) is 9.57. The maximum atomic E-state index is 12.9. The van der Waals surface area contributed by atoms with Gasteiger partial charge in [0.15, 0.2) is 5.79 Å². The van der Waals surface area contributed by atoms with Crippen molar-refractivity contribution in [3.63, 3.8) is 0 Å². The zero-order valence-corrected chi connectivity index (χ0v) is 27.7. The van der Waals surface area contributed by atoms with Crippen LogP contribution in [0.1, 0.15) is 47.5 Å². The van der Waals surface area contributed by atoms with Crippen LogP contribution in [0.3, 0.4) is 0 Å². The van der Waals surface area contributed by atoms with Crippen LogP contribution in [0.25, 0.3) is 0 Å². The van der Waals surface area contributed by atoms with E-state index >= 15 is 0 Å². The van der Waals surface area contributed by atoms with Crippen LogP contribution >= 0.6 is 34.8 Å². The molecule has 0 aromatic heterocycles. The van der Waals surface area contributed by atoms with Crippen molar-refractivity contribution < 1.29 is 18.7 Å². The molecule has 2 aromatic carbocycles. The SMILES string of the molecule is C=C[C@]1(NC(=O)C(Cl)(Cl)Cl)CC=C(CO[Si](c2ccccc2)(c2ccccc2)C(C)(C)C)C[C@@H]1C1COC(C)(C)O1. The number of benzene rings is 2. The van der Waals surface area contributed by atoms with Crippen LogP contribution in [0, 0.1) is 5.92 Å². The van der Waals surface area contributed by atoms with E-state index in [0.29, 0.717) is 26.1 Å². The molecule has 2 aliphatic rings. The first-order valence-corrected chi connectivity index (χ1v) is 17.0. The zero-order chi connectivity index (χ0) is 30.1. The van der Waals surface area contributed by atoms with Crippen LogP contribution in [0.2, 0.25) is 5.04 Å². The number of hydrogen-bond donors (Lipinski definition) is 1. The molecule has 41 heavy (non-hydrogen) atoms. The summed E-state index contributed by atoms with van der Waals surface area (Å²) in [4.78, 5) is 12.9. The van der Waals surface area contributed by atoms with E-state index in [0.717, 1.165) is 5.57 Å². The first-order chi connectivity index (χ1) is 19.1. The standard InChI is InChI=1S/C32H40Cl3NO4Si/c1-7-31(36-28(37)32(33,34)35)19-18-23(20-26(31)27-22-38-30(5,6)40-27)21-39-41(29(2,3)4,24-14-10-8-11-15-24)25-16-12-9-13-17-25/h7-18,26-27H,1,19-22H2,2-6H3,(H,36,37)/t26-,27?,31+/m1/s1. The van der Waals surface area contributed by atoms with Crippen molar-refractivity contribution in [3.05, 3.63) is 85.0 Å². The molecule has 222 valence electrons. The molecule has 1 unspecified atom stereocenters. The topological polar surface area (TPSA) is 56.8 Å². The molecule has 1 N–H and O–H groups in total. The molecular weight excluding hydrogens is 597 g/mol. The molecule has 9 heteroatoms. The van der Waals surface area contributed by atoms with E-state index in [2.05, 4.69) is 87.3 Å². The Morgan fingerprint density at radius 3 is 2.07 bits per heavy atom. The fourth-order valence-electron chi connectivity index (χ4n) is 6.18. The van der Waals surface area contributed by atoms with Gasteiger partial charge in [0.2, 0.25) is 0 Å². The Hall–Kier alpha value is -1.64. The Morgan fingerprint density at radius 1 is 1.07 bits per heavy atom. The summed E-state index contributed by atoms with van der Waals surface area (Å²) in [6.45, 7) is 15.4. The number of ether oxygens (including phenoxy) is 2. The fraction of sp³-hybridized carbons (Fsp3) is 0.469. The second kappa shape index (κ2) is 12.2. The van der Waals surface area contributed by atoms with Crippen LogP contribution < -0.4 is 15.7 Å². The number of carbonyl (C=O) groups is 1. The average Bonchev–Trinajstić information content (AvgIpc) is 3.28. The number of nitrogens with one attached hydrogen (secondary N) is 1. The number of carbonyl (C=O) groups excluding carboxylic acids is 1. The van der Waals surface area contributed by atoms with Crippen LogP contribution in [0.4, 0.5) is 0 Å². The average molecular weight is 637 g/mol. The Bertz CT molecular complexity index is 1220. The highest BCUT2D eigenvalue weighted by Gasteiger charge is 2.52. The number of halogens is 3. The van der Waals surface area contributed by atoms with Gasteiger partial charge in [0.1, 0.15) is 0 Å². The van der Waals surface area contributed by atoms with Crippen LogP contribution in [0.5, 0.6) is 0 Å². The van der Waals surface area contributed by atoms with E-state index in [1.165, 1.54) is 10.4 Å². The van der Waals surface area contributed by atoms with Crippen molar-refractivity contribution in [2.24, 2.45) is 5.92 Å². The van der Waals surface area contributed by atoms with E-state index in [4.69, 9.17) is 48.7 Å². The van der Waals surface area contributed by atoms with Crippen molar-refractivity contribution in [1.82, 2.24) is 5.32 Å². The van der Waals surface area contributed by atoms with Gasteiger partial charge in [0.25, 0.3) is 18.0 Å². The summed E-state index contributed by atoms with van der Waals surface area (Å²) in [7, 11) is -2.74. The van der Waals surface area contributed by atoms with Gasteiger partial charge in [-0.1, -0.05) is 128 Å². The molecule has 2 aromatic rings. The predicted octanol–water partition coefficient (Wildman–Crippen LogP) is 6.46. The molecule has 3 atom stereocenters. The number of rotatable bonds is 8. The van der Waals surface area contributed by atoms with Crippen LogP contribution in [-0.2, 0) is 18.7 Å². The molecule has 1 fully saturated rings. The predicted molar refractivity (Wildman–Crippen MR) is 171 cm³/mol. The molecule has 4 rings (SSSR count). The third kappa shape index (κ3) is 6.80. The molecule has 5 nitrogen and oxygen atoms in total. The van der Waals surface area contributed by atoms with Gasteiger partial charge in [0, 0.05) is 5.92 Å². The van der Waals surface area contributed by atoms with Crippen molar-refractivity contribution in [3.8, 4) is 0 Å². The monoisotopic (exact) mass is 635 g/mol. The van der Waals surface area contributed by atoms with Crippen LogP contribution in [-0.4, -0.2) is 48.7 Å². The number of hydrogen-bond acceptors (Lipinski definition) is 4. The minimum absolute atomic E-state index is 0.153. The lowest BCUT2D eigenvalue weighted by molar-refractivity contribution is -0.148. The summed E-state index contributed by atoms with van der Waals surface area (Å²) in [5.41, 5.74) is 0.230. The molecule has 1 aliphatic carbocycles. The maximum absolute atomic E-state index is 12.9. The summed E-state index contributed by atoms with van der Waals surface area (Å²) in [6.07, 6.45) is 4.59.